The van der Waals surface area contributed by atoms with Gasteiger partial charge in [-0.3, -0.25) is 0 Å². The summed E-state index contributed by atoms with van der Waals surface area (Å²) in [6, 6.07) is 0. The van der Waals surface area contributed by atoms with Crippen LogP contribution in [0.4, 0.5) is 0 Å². The van der Waals surface area contributed by atoms with Gasteiger partial charge >= 0.3 is 0 Å². The summed E-state index contributed by atoms with van der Waals surface area (Å²) in [4.78, 5) is 0. The van der Waals surface area contributed by atoms with Gasteiger partial charge in [-0.15, -0.1) is 0 Å². The molecule has 0 aromatic carbocycles. The Morgan fingerprint density at radius 3 is 0.750 bits per heavy atom. The Morgan fingerprint density at radius 1 is 0.750 bits per heavy atom. The summed E-state index contributed by atoms with van der Waals surface area (Å²) in [5.41, 5.74) is 0. The predicted molar refractivity (Wildman–Crippen MR) is 27.7 cm³/mol. The molecule has 0 radical (unpaired) electrons. The van der Waals surface area contributed by atoms with Crippen LogP contribution in [0.15, 0.2) is 0 Å². The van der Waals surface area contributed by atoms with Gasteiger partial charge in [-0.25, -0.2) is 0 Å². The maximum Gasteiger partial charge on any atom is 0 e. The molecule has 4 heteroatoms. The van der Waals surface area contributed by atoms with Gasteiger partial charge in [0.25, 0.3) is 0 Å². The minimum atomic E-state index is 0. The van der Waals surface area contributed by atoms with Gasteiger partial charge in [0.2, 0.25) is 0 Å². The molecule has 4 heavy (non-hydrogen) atoms. The molecule has 0 atom stereocenters. The van der Waals surface area contributed by atoms with Gasteiger partial charge in [0.15, 0.2) is 0 Å². The van der Waals surface area contributed by atoms with Crippen molar-refractivity contribution in [3.05, 3.63) is 0 Å². The van der Waals surface area contributed by atoms with E-state index in [2.05, 4.69) is 0 Å². The van der Waals surface area contributed by atoms with Crippen molar-refractivity contribution in [2.75, 3.05) is 0 Å². The number of hydrogen-bond donors (Lipinski definition) is 1. The molecular formula is H11NSi2Ti. The van der Waals surface area contributed by atoms with E-state index in [0.717, 1.165) is 0 Å². The second-order valence-electron chi connectivity index (χ2n) is 0. The van der Waals surface area contributed by atoms with Crippen LogP contribution in [0.5, 0.6) is 0 Å². The van der Waals surface area contributed by atoms with Crippen molar-refractivity contribution in [3.63, 3.8) is 0 Å². The first kappa shape index (κ1) is 70.2. The van der Waals surface area contributed by atoms with Gasteiger partial charge in [0.1, 0.15) is 0 Å². The molecule has 0 aromatic rings. The van der Waals surface area contributed by atoms with E-state index in [1.54, 1.807) is 0 Å². The Balaban J connectivity index is 0. The largest absolute Gasteiger partial charge is 0.344 e. The van der Waals surface area contributed by atoms with Crippen LogP contribution < -0.4 is 6.15 Å². The summed E-state index contributed by atoms with van der Waals surface area (Å²) in [6.45, 7) is 0. The molecule has 0 amide bonds. The average molecular weight is 129 g/mol. The van der Waals surface area contributed by atoms with Crippen LogP contribution in [-0.2, 0) is 21.7 Å². The third-order valence-corrected chi connectivity index (χ3v) is 0. The van der Waals surface area contributed by atoms with E-state index in [9.17, 15) is 0 Å². The van der Waals surface area contributed by atoms with Crippen molar-refractivity contribution in [2.45, 2.75) is 0 Å². The second-order valence-corrected chi connectivity index (χ2v) is 0. The fourth-order valence-corrected chi connectivity index (χ4v) is 0. The Morgan fingerprint density at radius 2 is 0.750 bits per heavy atom. The van der Waals surface area contributed by atoms with E-state index >= 15 is 0 Å². The van der Waals surface area contributed by atoms with Crippen LogP contribution in [0.1, 0.15) is 0 Å². The van der Waals surface area contributed by atoms with Crippen LogP contribution in [0, 0.1) is 0 Å². The van der Waals surface area contributed by atoms with Crippen LogP contribution in [0.3, 0.4) is 0 Å². The normalized spacial score (nSPS) is 0. The Bertz CT molecular complexity index is 6.00. The van der Waals surface area contributed by atoms with Gasteiger partial charge in [-0.1, -0.05) is 0 Å². The smallest absolute Gasteiger partial charge is 0 e. The summed E-state index contributed by atoms with van der Waals surface area (Å²) in [5.74, 6) is 0. The monoisotopic (exact) mass is 129 g/mol. The summed E-state index contributed by atoms with van der Waals surface area (Å²) in [7, 11) is 0. The molecule has 0 saturated heterocycles. The molecule has 0 aliphatic carbocycles. The number of hydrogen-bond acceptors (Lipinski definition) is 1. The molecular weight excluding hydrogens is 118 g/mol. The molecule has 0 aromatic heterocycles. The first-order valence-corrected chi connectivity index (χ1v) is 0. The zero-order valence-corrected chi connectivity index (χ0v) is 2.77. The molecule has 0 heterocycles. The van der Waals surface area contributed by atoms with E-state index in [1.807, 2.05) is 0 Å². The Kier molecular flexibility index (Phi) is 567. The second kappa shape index (κ2) is 32.3. The number of rotatable bonds is 0. The van der Waals surface area contributed by atoms with Crippen LogP contribution in [-0.4, -0.2) is 21.9 Å². The predicted octanol–water partition coefficient (Wildman–Crippen LogP) is -2.74. The van der Waals surface area contributed by atoms with Crippen molar-refractivity contribution in [1.82, 2.24) is 6.15 Å². The fraction of sp³-hybridized carbons (Fsp3) is 0. The van der Waals surface area contributed by atoms with E-state index in [1.165, 1.54) is 0 Å². The SMILES string of the molecule is N.[SiH4].[SiH4].[Ti]. The molecule has 3 N–H and O–H groups in total. The molecule has 0 aliphatic rings. The Labute approximate surface area is 50.1 Å². The molecule has 0 fully saturated rings. The molecule has 28 valence electrons. The maximum atomic E-state index is 0. The average Bonchev–Trinajstić information content (AvgIpc) is 0. The summed E-state index contributed by atoms with van der Waals surface area (Å²) in [5, 5.41) is 0. The zero-order valence-electron chi connectivity index (χ0n) is 1.21. The maximum absolute atomic E-state index is 0. The van der Waals surface area contributed by atoms with Gasteiger partial charge in [0, 0.05) is 21.7 Å². The van der Waals surface area contributed by atoms with E-state index in [0.29, 0.717) is 0 Å². The van der Waals surface area contributed by atoms with Crippen molar-refractivity contribution in [2.24, 2.45) is 0 Å². The summed E-state index contributed by atoms with van der Waals surface area (Å²) < 4.78 is 0. The third kappa shape index (κ3) is 11.2. The van der Waals surface area contributed by atoms with Crippen molar-refractivity contribution < 1.29 is 21.7 Å². The Hall–Kier alpha value is 1.11. The van der Waals surface area contributed by atoms with E-state index in [4.69, 9.17) is 0 Å². The van der Waals surface area contributed by atoms with Crippen molar-refractivity contribution >= 4 is 21.9 Å². The van der Waals surface area contributed by atoms with E-state index < -0.39 is 0 Å². The fourth-order valence-electron chi connectivity index (χ4n) is 0. The third-order valence-electron chi connectivity index (χ3n) is 0. The van der Waals surface area contributed by atoms with Crippen LogP contribution in [0.2, 0.25) is 0 Å². The molecule has 0 spiro atoms. The van der Waals surface area contributed by atoms with Crippen LogP contribution in [0.25, 0.3) is 0 Å². The van der Waals surface area contributed by atoms with Crippen LogP contribution >= 0.6 is 0 Å². The molecule has 0 unspecified atom stereocenters. The van der Waals surface area contributed by atoms with E-state index in [-0.39, 0.29) is 49.8 Å². The minimum absolute atomic E-state index is 0. The van der Waals surface area contributed by atoms with Gasteiger partial charge < -0.3 is 6.15 Å². The summed E-state index contributed by atoms with van der Waals surface area (Å²) in [6.07, 6.45) is 0. The van der Waals surface area contributed by atoms with Crippen molar-refractivity contribution in [3.8, 4) is 0 Å². The standard InChI is InChI=1S/H3N.2H4Si.Ti/h1H3;2*1H4;. The first-order chi connectivity index (χ1) is 0. The quantitative estimate of drug-likeness (QED) is 0.354. The molecule has 0 saturated carbocycles. The molecule has 0 aliphatic heterocycles. The molecule has 0 bridgehead atoms. The zero-order chi connectivity index (χ0) is 0. The van der Waals surface area contributed by atoms with Gasteiger partial charge in [-0.2, -0.15) is 0 Å². The first-order valence-electron chi connectivity index (χ1n) is 0. The minimum Gasteiger partial charge on any atom is -0.344 e. The topological polar surface area (TPSA) is 35.0 Å². The van der Waals surface area contributed by atoms with Crippen molar-refractivity contribution in [1.29, 1.82) is 0 Å². The summed E-state index contributed by atoms with van der Waals surface area (Å²) >= 11 is 0. The van der Waals surface area contributed by atoms with Gasteiger partial charge in [-0.05, 0) is 21.9 Å². The van der Waals surface area contributed by atoms with Gasteiger partial charge in [0.05, 0.1) is 0 Å². The molecule has 0 rings (SSSR count). The molecule has 1 nitrogen and oxygen atoms in total.